The number of aryl methyl sites for hydroxylation is 1. The minimum absolute atomic E-state index is 0.0133. The molecular formula is C15H21N3O3. The van der Waals surface area contributed by atoms with Crippen LogP contribution in [-0.4, -0.2) is 53.2 Å². The lowest BCUT2D eigenvalue weighted by molar-refractivity contribution is -0.138. The quantitative estimate of drug-likeness (QED) is 0.837. The molecule has 0 N–H and O–H groups in total. The normalized spacial score (nSPS) is 25.9. The van der Waals surface area contributed by atoms with Crippen molar-refractivity contribution >= 4 is 5.91 Å². The summed E-state index contributed by atoms with van der Waals surface area (Å²) in [7, 11) is 0. The Kier molecular flexibility index (Phi) is 4.34. The fourth-order valence-electron chi connectivity index (χ4n) is 2.89. The summed E-state index contributed by atoms with van der Waals surface area (Å²) in [5, 5.41) is 0. The average molecular weight is 291 g/mol. The van der Waals surface area contributed by atoms with E-state index in [1.807, 2.05) is 11.8 Å². The van der Waals surface area contributed by atoms with Crippen molar-refractivity contribution in [2.45, 2.75) is 32.3 Å². The molecule has 0 saturated carbocycles. The van der Waals surface area contributed by atoms with Gasteiger partial charge in [0.1, 0.15) is 11.9 Å². The van der Waals surface area contributed by atoms with Gasteiger partial charge < -0.3 is 14.4 Å². The summed E-state index contributed by atoms with van der Waals surface area (Å²) < 4.78 is 11.2. The number of carbonyl (C=O) groups is 1. The summed E-state index contributed by atoms with van der Waals surface area (Å²) in [5.41, 5.74) is 0. The average Bonchev–Trinajstić information content (AvgIpc) is 3.01. The predicted octanol–water partition coefficient (Wildman–Crippen LogP) is 1.19. The fraction of sp³-hybridized carbons (Fsp3) is 0.667. The van der Waals surface area contributed by atoms with Crippen molar-refractivity contribution in [2.24, 2.45) is 5.92 Å². The van der Waals surface area contributed by atoms with Crippen molar-refractivity contribution in [1.29, 1.82) is 0 Å². The van der Waals surface area contributed by atoms with Crippen LogP contribution in [0.25, 0.3) is 0 Å². The summed E-state index contributed by atoms with van der Waals surface area (Å²) in [6.45, 7) is 4.55. The molecule has 21 heavy (non-hydrogen) atoms. The van der Waals surface area contributed by atoms with Crippen LogP contribution in [0.5, 0.6) is 5.88 Å². The van der Waals surface area contributed by atoms with Gasteiger partial charge in [-0.3, -0.25) is 4.79 Å². The molecule has 2 fully saturated rings. The zero-order chi connectivity index (χ0) is 14.7. The Morgan fingerprint density at radius 2 is 2.38 bits per heavy atom. The first kappa shape index (κ1) is 14.3. The molecule has 6 heteroatoms. The van der Waals surface area contributed by atoms with E-state index >= 15 is 0 Å². The first-order chi connectivity index (χ1) is 10.2. The first-order valence-electron chi connectivity index (χ1n) is 7.55. The Labute approximate surface area is 124 Å². The maximum atomic E-state index is 12.4. The summed E-state index contributed by atoms with van der Waals surface area (Å²) in [5.74, 6) is 1.52. The molecule has 2 unspecified atom stereocenters. The van der Waals surface area contributed by atoms with Crippen molar-refractivity contribution in [3.8, 4) is 5.88 Å². The van der Waals surface area contributed by atoms with E-state index in [9.17, 15) is 4.79 Å². The Balaban J connectivity index is 1.59. The molecule has 1 amide bonds. The van der Waals surface area contributed by atoms with Gasteiger partial charge >= 0.3 is 0 Å². The Morgan fingerprint density at radius 1 is 1.48 bits per heavy atom. The molecule has 2 atom stereocenters. The number of nitrogens with zero attached hydrogens (tertiary/aromatic N) is 3. The lowest BCUT2D eigenvalue weighted by atomic mass is 10.0. The van der Waals surface area contributed by atoms with Gasteiger partial charge in [0.15, 0.2) is 0 Å². The molecule has 1 aromatic heterocycles. The monoisotopic (exact) mass is 291 g/mol. The van der Waals surface area contributed by atoms with Crippen LogP contribution in [0.3, 0.4) is 0 Å². The zero-order valence-electron chi connectivity index (χ0n) is 12.3. The number of likely N-dealkylation sites (tertiary alicyclic amines) is 1. The number of carbonyl (C=O) groups excluding carboxylic acids is 1. The number of hydrogen-bond acceptors (Lipinski definition) is 5. The van der Waals surface area contributed by atoms with Gasteiger partial charge in [-0.1, -0.05) is 0 Å². The molecule has 6 nitrogen and oxygen atoms in total. The van der Waals surface area contributed by atoms with Gasteiger partial charge in [-0.15, -0.1) is 0 Å². The van der Waals surface area contributed by atoms with Crippen LogP contribution < -0.4 is 4.74 Å². The third-order valence-corrected chi connectivity index (χ3v) is 4.01. The third-order valence-electron chi connectivity index (χ3n) is 4.01. The van der Waals surface area contributed by atoms with E-state index in [0.29, 0.717) is 31.5 Å². The summed E-state index contributed by atoms with van der Waals surface area (Å²) in [6.07, 6.45) is 4.46. The van der Waals surface area contributed by atoms with Crippen LogP contribution in [0.1, 0.15) is 25.1 Å². The SMILES string of the molecule is Cc1nccc(OC2CCCN(C(=O)C3CCOC3)C2)n1. The van der Waals surface area contributed by atoms with E-state index in [0.717, 1.165) is 25.8 Å². The van der Waals surface area contributed by atoms with Gasteiger partial charge in [0.2, 0.25) is 11.8 Å². The maximum absolute atomic E-state index is 12.4. The molecule has 0 spiro atoms. The van der Waals surface area contributed by atoms with Crippen LogP contribution >= 0.6 is 0 Å². The minimum Gasteiger partial charge on any atom is -0.472 e. The number of piperidine rings is 1. The molecule has 114 valence electrons. The largest absolute Gasteiger partial charge is 0.472 e. The van der Waals surface area contributed by atoms with Crippen molar-refractivity contribution in [1.82, 2.24) is 14.9 Å². The number of hydrogen-bond donors (Lipinski definition) is 0. The number of rotatable bonds is 3. The molecule has 1 aromatic rings. The van der Waals surface area contributed by atoms with Crippen molar-refractivity contribution in [3.63, 3.8) is 0 Å². The molecule has 2 aliphatic rings. The Hall–Kier alpha value is -1.69. The Bertz CT molecular complexity index is 503. The highest BCUT2D eigenvalue weighted by atomic mass is 16.5. The van der Waals surface area contributed by atoms with Crippen molar-refractivity contribution in [3.05, 3.63) is 18.1 Å². The second-order valence-electron chi connectivity index (χ2n) is 5.67. The molecule has 2 aliphatic heterocycles. The molecule has 3 heterocycles. The minimum atomic E-state index is 0.0133. The Morgan fingerprint density at radius 3 is 3.14 bits per heavy atom. The molecule has 3 rings (SSSR count). The lowest BCUT2D eigenvalue weighted by Gasteiger charge is -2.33. The summed E-state index contributed by atoms with van der Waals surface area (Å²) >= 11 is 0. The smallest absolute Gasteiger partial charge is 0.228 e. The molecule has 2 saturated heterocycles. The summed E-state index contributed by atoms with van der Waals surface area (Å²) in [4.78, 5) is 22.7. The second-order valence-corrected chi connectivity index (χ2v) is 5.67. The van der Waals surface area contributed by atoms with Crippen LogP contribution in [0.4, 0.5) is 0 Å². The first-order valence-corrected chi connectivity index (χ1v) is 7.55. The molecule has 0 bridgehead atoms. The number of aromatic nitrogens is 2. The highest BCUT2D eigenvalue weighted by Gasteiger charge is 2.31. The van der Waals surface area contributed by atoms with Gasteiger partial charge in [-0.2, -0.15) is 4.98 Å². The van der Waals surface area contributed by atoms with Gasteiger partial charge in [0.05, 0.1) is 19.1 Å². The van der Waals surface area contributed by atoms with E-state index < -0.39 is 0 Å². The van der Waals surface area contributed by atoms with Crippen molar-refractivity contribution < 1.29 is 14.3 Å². The van der Waals surface area contributed by atoms with Crippen molar-refractivity contribution in [2.75, 3.05) is 26.3 Å². The van der Waals surface area contributed by atoms with Gasteiger partial charge in [0, 0.05) is 25.4 Å². The van der Waals surface area contributed by atoms with Gasteiger partial charge in [-0.05, 0) is 26.2 Å². The van der Waals surface area contributed by atoms with Crippen LogP contribution in [0.15, 0.2) is 12.3 Å². The molecular weight excluding hydrogens is 270 g/mol. The maximum Gasteiger partial charge on any atom is 0.228 e. The lowest BCUT2D eigenvalue weighted by Crippen LogP contribution is -2.46. The van der Waals surface area contributed by atoms with Crippen LogP contribution in [0.2, 0.25) is 0 Å². The molecule has 0 aliphatic carbocycles. The highest BCUT2D eigenvalue weighted by molar-refractivity contribution is 5.79. The van der Waals surface area contributed by atoms with Gasteiger partial charge in [0.25, 0.3) is 0 Å². The van der Waals surface area contributed by atoms with Crippen LogP contribution in [-0.2, 0) is 9.53 Å². The van der Waals surface area contributed by atoms with Crippen LogP contribution in [0, 0.1) is 12.8 Å². The predicted molar refractivity (Wildman–Crippen MR) is 75.9 cm³/mol. The van der Waals surface area contributed by atoms with E-state index in [1.165, 1.54) is 0 Å². The molecule has 0 radical (unpaired) electrons. The number of amides is 1. The topological polar surface area (TPSA) is 64.5 Å². The highest BCUT2D eigenvalue weighted by Crippen LogP contribution is 2.21. The fourth-order valence-corrected chi connectivity index (χ4v) is 2.89. The zero-order valence-corrected chi connectivity index (χ0v) is 12.3. The third kappa shape index (κ3) is 3.50. The standard InChI is InChI=1S/C15H21N3O3/c1-11-16-6-4-14(17-11)21-13-3-2-7-18(9-13)15(19)12-5-8-20-10-12/h4,6,12-13H,2-3,5,7-10H2,1H3. The van der Waals surface area contributed by atoms with Gasteiger partial charge in [-0.25, -0.2) is 4.98 Å². The van der Waals surface area contributed by atoms with E-state index in [-0.39, 0.29) is 17.9 Å². The summed E-state index contributed by atoms with van der Waals surface area (Å²) in [6, 6.07) is 1.76. The van der Waals surface area contributed by atoms with E-state index in [1.54, 1.807) is 12.3 Å². The molecule has 0 aromatic carbocycles. The van der Waals surface area contributed by atoms with E-state index in [4.69, 9.17) is 9.47 Å². The number of ether oxygens (including phenoxy) is 2. The second kappa shape index (κ2) is 6.39. The van der Waals surface area contributed by atoms with E-state index in [2.05, 4.69) is 9.97 Å².